The number of esters is 2. The first-order valence-corrected chi connectivity index (χ1v) is 23.2. The van der Waals surface area contributed by atoms with Gasteiger partial charge >= 0.3 is 11.9 Å². The highest BCUT2D eigenvalue weighted by molar-refractivity contribution is 5.70. The Labute approximate surface area is 335 Å². The summed E-state index contributed by atoms with van der Waals surface area (Å²) in [5, 5.41) is 0. The predicted molar refractivity (Wildman–Crippen MR) is 233 cm³/mol. The molecule has 1 unspecified atom stereocenters. The van der Waals surface area contributed by atoms with Crippen LogP contribution in [0.2, 0.25) is 0 Å². The second kappa shape index (κ2) is 45.3. The number of unbranched alkanes of at least 4 members (excludes halogenated alkanes) is 23. The van der Waals surface area contributed by atoms with E-state index in [1.807, 2.05) is 0 Å². The fourth-order valence-corrected chi connectivity index (χ4v) is 6.46. The van der Waals surface area contributed by atoms with Crippen molar-refractivity contribution in [3.63, 3.8) is 0 Å². The van der Waals surface area contributed by atoms with Gasteiger partial charge in [-0.15, -0.1) is 0 Å². The third kappa shape index (κ3) is 42.6. The molecule has 0 spiro atoms. The van der Waals surface area contributed by atoms with Crippen LogP contribution in [-0.4, -0.2) is 37.9 Å². The molecule has 0 amide bonds. The van der Waals surface area contributed by atoms with Crippen LogP contribution in [0, 0.1) is 0 Å². The fraction of sp³-hybridized carbons (Fsp3) is 0.796. The lowest BCUT2D eigenvalue weighted by Gasteiger charge is -2.18. The third-order valence-electron chi connectivity index (χ3n) is 9.88. The Morgan fingerprint density at radius 3 is 1.26 bits per heavy atom. The molecule has 0 radical (unpaired) electrons. The van der Waals surface area contributed by atoms with Crippen molar-refractivity contribution in [1.82, 2.24) is 0 Å². The first-order chi connectivity index (χ1) is 26.6. The molecule has 0 aliphatic heterocycles. The number of hydrogen-bond acceptors (Lipinski definition) is 5. The minimum atomic E-state index is -0.557. The average Bonchev–Trinajstić information content (AvgIpc) is 3.17. The SMILES string of the molecule is CC/C=C\C/C=C\C/C=C\C/C=C\CCCOCC(COC(=O)CCCCCCCCCCCCCCC)OC(=O)CCCCCCCCCCCCC. The Balaban J connectivity index is 4.31. The van der Waals surface area contributed by atoms with E-state index in [1.165, 1.54) is 128 Å². The highest BCUT2D eigenvalue weighted by atomic mass is 16.6. The number of carbonyl (C=O) groups is 2. The lowest BCUT2D eigenvalue weighted by Crippen LogP contribution is -2.30. The summed E-state index contributed by atoms with van der Waals surface area (Å²) in [7, 11) is 0. The molecule has 0 N–H and O–H groups in total. The number of carbonyl (C=O) groups excluding carboxylic acids is 2. The lowest BCUT2D eigenvalue weighted by atomic mass is 10.0. The maximum Gasteiger partial charge on any atom is 0.306 e. The van der Waals surface area contributed by atoms with Crippen LogP contribution < -0.4 is 0 Å². The van der Waals surface area contributed by atoms with E-state index in [2.05, 4.69) is 69.4 Å². The zero-order chi connectivity index (χ0) is 39.3. The van der Waals surface area contributed by atoms with Gasteiger partial charge in [0.05, 0.1) is 6.61 Å². The molecular formula is C49H88O5. The van der Waals surface area contributed by atoms with Crippen molar-refractivity contribution < 1.29 is 23.8 Å². The van der Waals surface area contributed by atoms with E-state index in [0.29, 0.717) is 19.4 Å². The van der Waals surface area contributed by atoms with Gasteiger partial charge in [0.1, 0.15) is 6.61 Å². The van der Waals surface area contributed by atoms with E-state index in [-0.39, 0.29) is 25.2 Å². The van der Waals surface area contributed by atoms with Gasteiger partial charge in [0, 0.05) is 19.4 Å². The molecule has 0 rings (SSSR count). The molecule has 0 bridgehead atoms. The molecule has 0 saturated heterocycles. The van der Waals surface area contributed by atoms with Crippen LogP contribution >= 0.6 is 0 Å². The predicted octanol–water partition coefficient (Wildman–Crippen LogP) is 15.2. The molecule has 314 valence electrons. The van der Waals surface area contributed by atoms with Gasteiger partial charge in [0.25, 0.3) is 0 Å². The molecule has 0 fully saturated rings. The zero-order valence-corrected chi connectivity index (χ0v) is 36.0. The highest BCUT2D eigenvalue weighted by Crippen LogP contribution is 2.15. The Kier molecular flexibility index (Phi) is 43.5. The molecule has 5 nitrogen and oxygen atoms in total. The molecule has 0 aromatic rings. The fourth-order valence-electron chi connectivity index (χ4n) is 6.46. The normalized spacial score (nSPS) is 12.6. The van der Waals surface area contributed by atoms with Crippen molar-refractivity contribution in [2.75, 3.05) is 19.8 Å². The van der Waals surface area contributed by atoms with Gasteiger partial charge in [-0.05, 0) is 51.4 Å². The molecule has 1 atom stereocenters. The molecule has 0 aromatic heterocycles. The second-order valence-corrected chi connectivity index (χ2v) is 15.3. The van der Waals surface area contributed by atoms with Gasteiger partial charge in [0.2, 0.25) is 0 Å². The number of hydrogen-bond donors (Lipinski definition) is 0. The standard InChI is InChI=1S/C49H88O5/c1-4-7-10-13-16-19-22-24-26-29-32-35-38-41-44-52-45-47(54-49(51)43-40-37-34-31-27-21-18-15-12-9-6-3)46-53-48(50)42-39-36-33-30-28-25-23-20-17-14-11-8-5-2/h7,10,16,19,24,26,32,35,47H,4-6,8-9,11-15,17-18,20-23,25,27-31,33-34,36-46H2,1-3H3/b10-7-,19-16-,26-24-,35-32-. The number of allylic oxidation sites excluding steroid dienone is 8. The van der Waals surface area contributed by atoms with E-state index in [9.17, 15) is 9.59 Å². The van der Waals surface area contributed by atoms with Crippen LogP contribution in [0.25, 0.3) is 0 Å². The smallest absolute Gasteiger partial charge is 0.306 e. The van der Waals surface area contributed by atoms with E-state index < -0.39 is 6.10 Å². The van der Waals surface area contributed by atoms with Crippen LogP contribution in [0.5, 0.6) is 0 Å². The third-order valence-corrected chi connectivity index (χ3v) is 9.88. The van der Waals surface area contributed by atoms with Crippen molar-refractivity contribution in [3.05, 3.63) is 48.6 Å². The second-order valence-electron chi connectivity index (χ2n) is 15.3. The summed E-state index contributed by atoms with van der Waals surface area (Å²) in [6, 6.07) is 0. The zero-order valence-electron chi connectivity index (χ0n) is 36.0. The summed E-state index contributed by atoms with van der Waals surface area (Å²) < 4.78 is 17.3. The minimum Gasteiger partial charge on any atom is -0.462 e. The van der Waals surface area contributed by atoms with Crippen molar-refractivity contribution in [1.29, 1.82) is 0 Å². The maximum atomic E-state index is 12.7. The monoisotopic (exact) mass is 757 g/mol. The van der Waals surface area contributed by atoms with Gasteiger partial charge in [-0.25, -0.2) is 0 Å². The first-order valence-electron chi connectivity index (χ1n) is 23.2. The van der Waals surface area contributed by atoms with Gasteiger partial charge in [-0.1, -0.05) is 211 Å². The minimum absolute atomic E-state index is 0.0676. The van der Waals surface area contributed by atoms with Crippen LogP contribution in [0.4, 0.5) is 0 Å². The molecule has 0 heterocycles. The van der Waals surface area contributed by atoms with Gasteiger partial charge in [-0.2, -0.15) is 0 Å². The van der Waals surface area contributed by atoms with Crippen molar-refractivity contribution in [2.24, 2.45) is 0 Å². The van der Waals surface area contributed by atoms with Crippen LogP contribution in [-0.2, 0) is 23.8 Å². The van der Waals surface area contributed by atoms with E-state index >= 15 is 0 Å². The molecule has 0 aliphatic rings. The summed E-state index contributed by atoms with van der Waals surface area (Å²) in [6.45, 7) is 7.59. The highest BCUT2D eigenvalue weighted by Gasteiger charge is 2.17. The summed E-state index contributed by atoms with van der Waals surface area (Å²) in [6.07, 6.45) is 54.0. The Morgan fingerprint density at radius 2 is 0.815 bits per heavy atom. The number of ether oxygens (including phenoxy) is 3. The van der Waals surface area contributed by atoms with E-state index in [4.69, 9.17) is 14.2 Å². The topological polar surface area (TPSA) is 61.8 Å². The average molecular weight is 757 g/mol. The quantitative estimate of drug-likeness (QED) is 0.0353. The molecule has 0 saturated carbocycles. The summed E-state index contributed by atoms with van der Waals surface area (Å²) in [5.74, 6) is -0.421. The molecule has 54 heavy (non-hydrogen) atoms. The van der Waals surface area contributed by atoms with Crippen LogP contribution in [0.3, 0.4) is 0 Å². The Bertz CT molecular complexity index is 904. The molecule has 5 heteroatoms. The summed E-state index contributed by atoms with van der Waals surface area (Å²) >= 11 is 0. The largest absolute Gasteiger partial charge is 0.462 e. The van der Waals surface area contributed by atoms with Gasteiger partial charge < -0.3 is 14.2 Å². The van der Waals surface area contributed by atoms with Crippen molar-refractivity contribution >= 4 is 11.9 Å². The van der Waals surface area contributed by atoms with E-state index in [1.54, 1.807) is 0 Å². The Morgan fingerprint density at radius 1 is 0.426 bits per heavy atom. The van der Waals surface area contributed by atoms with Crippen LogP contribution in [0.1, 0.15) is 226 Å². The first kappa shape index (κ1) is 51.9. The molecular weight excluding hydrogens is 669 g/mol. The van der Waals surface area contributed by atoms with Crippen molar-refractivity contribution in [2.45, 2.75) is 232 Å². The maximum absolute atomic E-state index is 12.7. The summed E-state index contributed by atoms with van der Waals surface area (Å²) in [5.41, 5.74) is 0. The van der Waals surface area contributed by atoms with Gasteiger partial charge in [0.15, 0.2) is 6.10 Å². The lowest BCUT2D eigenvalue weighted by molar-refractivity contribution is -0.163. The van der Waals surface area contributed by atoms with Crippen molar-refractivity contribution in [3.8, 4) is 0 Å². The summed E-state index contributed by atoms with van der Waals surface area (Å²) in [4.78, 5) is 25.2. The molecule has 0 aromatic carbocycles. The van der Waals surface area contributed by atoms with Crippen LogP contribution in [0.15, 0.2) is 48.6 Å². The number of rotatable bonds is 42. The molecule has 0 aliphatic carbocycles. The van der Waals surface area contributed by atoms with Gasteiger partial charge in [-0.3, -0.25) is 9.59 Å². The Hall–Kier alpha value is -2.14. The van der Waals surface area contributed by atoms with E-state index in [0.717, 1.165) is 64.2 Å².